The fraction of sp³-hybridized carbons (Fsp3) is 0.308. The third-order valence-corrected chi connectivity index (χ3v) is 2.51. The van der Waals surface area contributed by atoms with Gasteiger partial charge in [-0.05, 0) is 37.1 Å². The second kappa shape index (κ2) is 4.30. The van der Waals surface area contributed by atoms with Crippen molar-refractivity contribution in [2.45, 2.75) is 20.3 Å². The first kappa shape index (κ1) is 9.97. The Labute approximate surface area is 90.3 Å². The number of aryl methyl sites for hydroxylation is 1. The van der Waals surface area contributed by atoms with E-state index in [9.17, 15) is 0 Å². The zero-order chi connectivity index (χ0) is 10.7. The van der Waals surface area contributed by atoms with Crippen LogP contribution in [0.15, 0.2) is 30.3 Å². The average molecular weight is 200 g/mol. The van der Waals surface area contributed by atoms with E-state index in [1.54, 1.807) is 0 Å². The van der Waals surface area contributed by atoms with E-state index in [0.717, 1.165) is 24.3 Å². The summed E-state index contributed by atoms with van der Waals surface area (Å²) in [5, 5.41) is 4.53. The molecule has 15 heavy (non-hydrogen) atoms. The maximum Gasteiger partial charge on any atom is 0.126 e. The summed E-state index contributed by atoms with van der Waals surface area (Å²) in [5.74, 6) is 0.968. The van der Waals surface area contributed by atoms with E-state index in [4.69, 9.17) is 0 Å². The molecule has 2 rings (SSSR count). The van der Waals surface area contributed by atoms with Crippen LogP contribution in [0.5, 0.6) is 0 Å². The van der Waals surface area contributed by atoms with Gasteiger partial charge in [-0.3, -0.25) is 0 Å². The number of pyridine rings is 1. The van der Waals surface area contributed by atoms with Crippen molar-refractivity contribution in [2.24, 2.45) is 0 Å². The highest BCUT2D eigenvalue weighted by atomic mass is 15.0. The lowest BCUT2D eigenvalue weighted by Crippen LogP contribution is -2.01. The summed E-state index contributed by atoms with van der Waals surface area (Å²) in [4.78, 5) is 4.56. The standard InChI is InChI=1S/C13H16N2/c1-3-9-14-13-8-7-11-10(2)5-4-6-12(11)15-13/h4-8H,3,9H2,1-2H3,(H,14,15). The highest BCUT2D eigenvalue weighted by Crippen LogP contribution is 2.18. The van der Waals surface area contributed by atoms with Crippen molar-refractivity contribution < 1.29 is 0 Å². The summed E-state index contributed by atoms with van der Waals surface area (Å²) in [6, 6.07) is 10.4. The predicted octanol–water partition coefficient (Wildman–Crippen LogP) is 3.37. The van der Waals surface area contributed by atoms with Gasteiger partial charge in [0.25, 0.3) is 0 Å². The van der Waals surface area contributed by atoms with E-state index in [0.29, 0.717) is 0 Å². The van der Waals surface area contributed by atoms with Gasteiger partial charge in [0.1, 0.15) is 5.82 Å². The zero-order valence-electron chi connectivity index (χ0n) is 9.25. The number of aromatic nitrogens is 1. The molecule has 78 valence electrons. The average Bonchev–Trinajstić information content (AvgIpc) is 2.26. The van der Waals surface area contributed by atoms with Crippen LogP contribution in [0.1, 0.15) is 18.9 Å². The summed E-state index contributed by atoms with van der Waals surface area (Å²) < 4.78 is 0. The largest absolute Gasteiger partial charge is 0.370 e. The molecule has 0 fully saturated rings. The first-order chi connectivity index (χ1) is 7.31. The molecular weight excluding hydrogens is 184 g/mol. The fourth-order valence-corrected chi connectivity index (χ4v) is 1.66. The second-order valence-corrected chi connectivity index (χ2v) is 3.76. The number of fused-ring (bicyclic) bond motifs is 1. The Morgan fingerprint density at radius 1 is 1.20 bits per heavy atom. The van der Waals surface area contributed by atoms with Gasteiger partial charge in [-0.1, -0.05) is 19.1 Å². The molecule has 0 radical (unpaired) electrons. The lowest BCUT2D eigenvalue weighted by molar-refractivity contribution is 0.971. The van der Waals surface area contributed by atoms with Crippen molar-refractivity contribution in [3.63, 3.8) is 0 Å². The van der Waals surface area contributed by atoms with Gasteiger partial charge in [0, 0.05) is 11.9 Å². The van der Waals surface area contributed by atoms with Crippen LogP contribution in [-0.2, 0) is 0 Å². The lowest BCUT2D eigenvalue weighted by atomic mass is 10.1. The molecule has 1 heterocycles. The SMILES string of the molecule is CCCNc1ccc2c(C)cccc2n1. The van der Waals surface area contributed by atoms with Crippen LogP contribution in [-0.4, -0.2) is 11.5 Å². The maximum absolute atomic E-state index is 4.56. The number of rotatable bonds is 3. The highest BCUT2D eigenvalue weighted by molar-refractivity contribution is 5.83. The third-order valence-electron chi connectivity index (χ3n) is 2.51. The molecule has 1 aromatic heterocycles. The first-order valence-corrected chi connectivity index (χ1v) is 5.41. The minimum absolute atomic E-state index is 0.968. The van der Waals surface area contributed by atoms with Crippen LogP contribution in [0.4, 0.5) is 5.82 Å². The number of benzene rings is 1. The molecule has 0 atom stereocenters. The molecule has 0 amide bonds. The molecule has 0 aliphatic carbocycles. The minimum atomic E-state index is 0.968. The maximum atomic E-state index is 4.56. The second-order valence-electron chi connectivity index (χ2n) is 3.76. The Balaban J connectivity index is 2.39. The van der Waals surface area contributed by atoms with Crippen molar-refractivity contribution in [1.82, 2.24) is 4.98 Å². The smallest absolute Gasteiger partial charge is 0.126 e. The fourth-order valence-electron chi connectivity index (χ4n) is 1.66. The Morgan fingerprint density at radius 2 is 2.07 bits per heavy atom. The van der Waals surface area contributed by atoms with E-state index < -0.39 is 0 Å². The van der Waals surface area contributed by atoms with Crippen molar-refractivity contribution in [1.29, 1.82) is 0 Å². The first-order valence-electron chi connectivity index (χ1n) is 5.41. The molecule has 0 spiro atoms. The number of nitrogens with one attached hydrogen (secondary N) is 1. The summed E-state index contributed by atoms with van der Waals surface area (Å²) >= 11 is 0. The highest BCUT2D eigenvalue weighted by Gasteiger charge is 1.99. The van der Waals surface area contributed by atoms with Crippen LogP contribution >= 0.6 is 0 Å². The van der Waals surface area contributed by atoms with Crippen LogP contribution in [0.3, 0.4) is 0 Å². The zero-order valence-corrected chi connectivity index (χ0v) is 9.25. The van der Waals surface area contributed by atoms with Gasteiger partial charge in [0.15, 0.2) is 0 Å². The molecule has 2 heteroatoms. The van der Waals surface area contributed by atoms with Crippen LogP contribution in [0.25, 0.3) is 10.9 Å². The summed E-state index contributed by atoms with van der Waals surface area (Å²) in [5.41, 5.74) is 2.35. The molecule has 0 saturated carbocycles. The van der Waals surface area contributed by atoms with E-state index in [-0.39, 0.29) is 0 Å². The molecule has 0 aliphatic rings. The molecule has 1 aromatic carbocycles. The Hall–Kier alpha value is -1.57. The monoisotopic (exact) mass is 200 g/mol. The van der Waals surface area contributed by atoms with Gasteiger partial charge < -0.3 is 5.32 Å². The summed E-state index contributed by atoms with van der Waals surface area (Å²) in [7, 11) is 0. The van der Waals surface area contributed by atoms with Crippen molar-refractivity contribution in [3.8, 4) is 0 Å². The molecular formula is C13H16N2. The van der Waals surface area contributed by atoms with Crippen molar-refractivity contribution in [3.05, 3.63) is 35.9 Å². The van der Waals surface area contributed by atoms with Gasteiger partial charge in [-0.2, -0.15) is 0 Å². The normalized spacial score (nSPS) is 10.5. The van der Waals surface area contributed by atoms with Gasteiger partial charge in [0.2, 0.25) is 0 Å². The predicted molar refractivity (Wildman–Crippen MR) is 65.3 cm³/mol. The summed E-state index contributed by atoms with van der Waals surface area (Å²) in [6.45, 7) is 5.24. The topological polar surface area (TPSA) is 24.9 Å². The minimum Gasteiger partial charge on any atom is -0.370 e. The Morgan fingerprint density at radius 3 is 2.87 bits per heavy atom. The Kier molecular flexibility index (Phi) is 2.86. The van der Waals surface area contributed by atoms with Crippen molar-refractivity contribution >= 4 is 16.7 Å². The van der Waals surface area contributed by atoms with Crippen LogP contribution in [0.2, 0.25) is 0 Å². The van der Waals surface area contributed by atoms with E-state index in [1.165, 1.54) is 10.9 Å². The van der Waals surface area contributed by atoms with E-state index in [2.05, 4.69) is 42.3 Å². The number of hydrogen-bond donors (Lipinski definition) is 1. The van der Waals surface area contributed by atoms with Gasteiger partial charge >= 0.3 is 0 Å². The number of nitrogens with zero attached hydrogens (tertiary/aromatic N) is 1. The van der Waals surface area contributed by atoms with Crippen LogP contribution < -0.4 is 5.32 Å². The Bertz CT molecular complexity index is 463. The molecule has 1 N–H and O–H groups in total. The lowest BCUT2D eigenvalue weighted by Gasteiger charge is -2.06. The molecule has 2 aromatic rings. The molecule has 0 unspecified atom stereocenters. The quantitative estimate of drug-likeness (QED) is 0.821. The third kappa shape index (κ3) is 2.09. The van der Waals surface area contributed by atoms with Crippen molar-refractivity contribution in [2.75, 3.05) is 11.9 Å². The van der Waals surface area contributed by atoms with E-state index in [1.807, 2.05) is 12.1 Å². The van der Waals surface area contributed by atoms with Gasteiger partial charge in [-0.15, -0.1) is 0 Å². The number of anilines is 1. The van der Waals surface area contributed by atoms with Crippen LogP contribution in [0, 0.1) is 6.92 Å². The number of hydrogen-bond acceptors (Lipinski definition) is 2. The van der Waals surface area contributed by atoms with Gasteiger partial charge in [0.05, 0.1) is 5.52 Å². The molecule has 0 bridgehead atoms. The molecule has 2 nitrogen and oxygen atoms in total. The van der Waals surface area contributed by atoms with E-state index >= 15 is 0 Å². The van der Waals surface area contributed by atoms with Gasteiger partial charge in [-0.25, -0.2) is 4.98 Å². The molecule has 0 saturated heterocycles. The molecule has 0 aliphatic heterocycles. The summed E-state index contributed by atoms with van der Waals surface area (Å²) in [6.07, 6.45) is 1.12.